The van der Waals surface area contributed by atoms with Crippen molar-refractivity contribution in [3.63, 3.8) is 0 Å². The van der Waals surface area contributed by atoms with Crippen molar-refractivity contribution in [1.29, 1.82) is 0 Å². The van der Waals surface area contributed by atoms with Crippen molar-refractivity contribution in [2.75, 3.05) is 57.5 Å². The third-order valence-electron chi connectivity index (χ3n) is 8.22. The first kappa shape index (κ1) is 22.5. The molecule has 4 aliphatic heterocycles. The molecule has 178 valence electrons. The second kappa shape index (κ2) is 9.15. The first-order valence-corrected chi connectivity index (χ1v) is 12.3. The van der Waals surface area contributed by atoms with Gasteiger partial charge in [0.2, 0.25) is 0 Å². The molecule has 1 aromatic rings. The predicted octanol–water partition coefficient (Wildman–Crippen LogP) is 4.76. The molecule has 7 heteroatoms. The molecule has 1 aromatic carbocycles. The molecule has 4 nitrogen and oxygen atoms in total. The SMILES string of the molecule is FC(F)(F)c1ccc2c(c1)N(CC1CCOCC1)C1(CCN(CC3CCOCC3)CC1)C2. The first-order chi connectivity index (χ1) is 15.4. The van der Waals surface area contributed by atoms with Gasteiger partial charge in [0.1, 0.15) is 0 Å². The van der Waals surface area contributed by atoms with Gasteiger partial charge in [0.25, 0.3) is 0 Å². The molecule has 0 amide bonds. The number of hydrogen-bond acceptors (Lipinski definition) is 4. The maximum Gasteiger partial charge on any atom is 0.416 e. The Hall–Kier alpha value is -1.31. The van der Waals surface area contributed by atoms with Crippen molar-refractivity contribution < 1.29 is 22.6 Å². The van der Waals surface area contributed by atoms with Gasteiger partial charge in [0, 0.05) is 63.8 Å². The van der Waals surface area contributed by atoms with Gasteiger partial charge in [-0.05, 0) is 74.5 Å². The van der Waals surface area contributed by atoms with E-state index in [1.165, 1.54) is 12.1 Å². The lowest BCUT2D eigenvalue weighted by Gasteiger charge is -2.48. The minimum atomic E-state index is -4.30. The van der Waals surface area contributed by atoms with E-state index >= 15 is 0 Å². The number of rotatable bonds is 4. The van der Waals surface area contributed by atoms with Crippen molar-refractivity contribution in [3.05, 3.63) is 29.3 Å². The molecule has 0 N–H and O–H groups in total. The molecular weight excluding hydrogens is 417 g/mol. The predicted molar refractivity (Wildman–Crippen MR) is 118 cm³/mol. The van der Waals surface area contributed by atoms with Crippen LogP contribution in [0.5, 0.6) is 0 Å². The molecule has 0 radical (unpaired) electrons. The molecule has 32 heavy (non-hydrogen) atoms. The quantitative estimate of drug-likeness (QED) is 0.658. The fourth-order valence-electron chi connectivity index (χ4n) is 6.22. The first-order valence-electron chi connectivity index (χ1n) is 12.3. The fourth-order valence-corrected chi connectivity index (χ4v) is 6.22. The molecule has 3 saturated heterocycles. The summed E-state index contributed by atoms with van der Waals surface area (Å²) in [5, 5.41) is 0. The molecule has 1 spiro atoms. The van der Waals surface area contributed by atoms with Crippen molar-refractivity contribution in [1.82, 2.24) is 4.90 Å². The van der Waals surface area contributed by atoms with E-state index in [4.69, 9.17) is 9.47 Å². The minimum Gasteiger partial charge on any atom is -0.381 e. The molecule has 3 fully saturated rings. The van der Waals surface area contributed by atoms with E-state index < -0.39 is 11.7 Å². The van der Waals surface area contributed by atoms with Crippen LogP contribution in [0.2, 0.25) is 0 Å². The third kappa shape index (κ3) is 4.66. The lowest BCUT2D eigenvalue weighted by Crippen LogP contribution is -2.56. The Morgan fingerprint density at radius 1 is 0.875 bits per heavy atom. The van der Waals surface area contributed by atoms with E-state index in [1.54, 1.807) is 6.07 Å². The highest BCUT2D eigenvalue weighted by atomic mass is 19.4. The highest BCUT2D eigenvalue weighted by Gasteiger charge is 2.47. The number of nitrogens with zero attached hydrogens (tertiary/aromatic N) is 2. The van der Waals surface area contributed by atoms with E-state index in [1.807, 2.05) is 0 Å². The zero-order valence-corrected chi connectivity index (χ0v) is 18.8. The Balaban J connectivity index is 1.34. The van der Waals surface area contributed by atoms with Gasteiger partial charge in [0.05, 0.1) is 5.56 Å². The van der Waals surface area contributed by atoms with Crippen LogP contribution in [0.25, 0.3) is 0 Å². The third-order valence-corrected chi connectivity index (χ3v) is 8.22. The Morgan fingerprint density at radius 3 is 2.06 bits per heavy atom. The normalized spacial score (nSPS) is 25.4. The van der Waals surface area contributed by atoms with Gasteiger partial charge < -0.3 is 19.3 Å². The monoisotopic (exact) mass is 452 g/mol. The summed E-state index contributed by atoms with van der Waals surface area (Å²) in [6.45, 7) is 7.31. The molecule has 5 rings (SSSR count). The summed E-state index contributed by atoms with van der Waals surface area (Å²) < 4.78 is 51.5. The standard InChI is InChI=1S/C25H35F3N2O2/c26-25(27,28)22-2-1-21-16-24(30(23(21)15-22)18-20-5-13-32-14-6-20)7-9-29(10-8-24)17-19-3-11-31-12-4-19/h1-2,15,19-20H,3-14,16-18H2. The second-order valence-corrected chi connectivity index (χ2v) is 10.3. The van der Waals surface area contributed by atoms with Gasteiger partial charge >= 0.3 is 6.18 Å². The number of benzene rings is 1. The highest BCUT2D eigenvalue weighted by molar-refractivity contribution is 5.63. The Kier molecular flexibility index (Phi) is 6.43. The van der Waals surface area contributed by atoms with Crippen LogP contribution in [0.1, 0.15) is 49.7 Å². The van der Waals surface area contributed by atoms with Crippen LogP contribution < -0.4 is 4.90 Å². The van der Waals surface area contributed by atoms with Gasteiger partial charge in [-0.3, -0.25) is 0 Å². The molecule has 0 unspecified atom stereocenters. The number of piperidine rings is 1. The zero-order chi connectivity index (χ0) is 22.2. The Labute approximate surface area is 189 Å². The lowest BCUT2D eigenvalue weighted by molar-refractivity contribution is -0.137. The summed E-state index contributed by atoms with van der Waals surface area (Å²) >= 11 is 0. The number of fused-ring (bicyclic) bond motifs is 1. The summed E-state index contributed by atoms with van der Waals surface area (Å²) in [5.41, 5.74) is 1.34. The molecule has 0 atom stereocenters. The van der Waals surface area contributed by atoms with E-state index in [9.17, 15) is 13.2 Å². The maximum atomic E-state index is 13.5. The van der Waals surface area contributed by atoms with Gasteiger partial charge in [-0.1, -0.05) is 6.07 Å². The van der Waals surface area contributed by atoms with Gasteiger partial charge in [-0.2, -0.15) is 13.2 Å². The second-order valence-electron chi connectivity index (χ2n) is 10.3. The minimum absolute atomic E-state index is 0.0446. The molecular formula is C25H35F3N2O2. The Bertz CT molecular complexity index is 780. The highest BCUT2D eigenvalue weighted by Crippen LogP contribution is 2.47. The van der Waals surface area contributed by atoms with Crippen LogP contribution in [0, 0.1) is 11.8 Å². The average molecular weight is 453 g/mol. The van der Waals surface area contributed by atoms with Crippen molar-refractivity contribution >= 4 is 5.69 Å². The number of hydrogen-bond donors (Lipinski definition) is 0. The summed E-state index contributed by atoms with van der Waals surface area (Å²) in [5.74, 6) is 1.20. The van der Waals surface area contributed by atoms with Gasteiger partial charge in [-0.15, -0.1) is 0 Å². The lowest BCUT2D eigenvalue weighted by atomic mass is 9.82. The molecule has 4 heterocycles. The number of likely N-dealkylation sites (tertiary alicyclic amines) is 1. The molecule has 0 aliphatic carbocycles. The van der Waals surface area contributed by atoms with Crippen LogP contribution in [0.4, 0.5) is 18.9 Å². The number of halogens is 3. The van der Waals surface area contributed by atoms with Crippen LogP contribution in [0.15, 0.2) is 18.2 Å². The molecule has 0 saturated carbocycles. The number of anilines is 1. The fraction of sp³-hybridized carbons (Fsp3) is 0.760. The van der Waals surface area contributed by atoms with Gasteiger partial charge in [-0.25, -0.2) is 0 Å². The van der Waals surface area contributed by atoms with E-state index in [0.29, 0.717) is 11.8 Å². The van der Waals surface area contributed by atoms with Crippen LogP contribution >= 0.6 is 0 Å². The van der Waals surface area contributed by atoms with E-state index in [2.05, 4.69) is 9.80 Å². The average Bonchev–Trinajstić information content (AvgIpc) is 3.08. The summed E-state index contributed by atoms with van der Waals surface area (Å²) in [7, 11) is 0. The van der Waals surface area contributed by atoms with Gasteiger partial charge in [0.15, 0.2) is 0 Å². The van der Waals surface area contributed by atoms with Crippen LogP contribution in [-0.2, 0) is 22.1 Å². The topological polar surface area (TPSA) is 24.9 Å². The maximum absolute atomic E-state index is 13.5. The zero-order valence-electron chi connectivity index (χ0n) is 18.8. The molecule has 0 bridgehead atoms. The van der Waals surface area contributed by atoms with E-state index in [0.717, 1.165) is 109 Å². The number of ether oxygens (including phenoxy) is 2. The number of alkyl halides is 3. The smallest absolute Gasteiger partial charge is 0.381 e. The molecule has 4 aliphatic rings. The Morgan fingerprint density at radius 2 is 1.47 bits per heavy atom. The molecule has 0 aromatic heterocycles. The summed E-state index contributed by atoms with van der Waals surface area (Å²) in [6.07, 6.45) is 2.89. The van der Waals surface area contributed by atoms with E-state index in [-0.39, 0.29) is 5.54 Å². The summed E-state index contributed by atoms with van der Waals surface area (Å²) in [6, 6.07) is 4.42. The summed E-state index contributed by atoms with van der Waals surface area (Å²) in [4.78, 5) is 4.97. The van der Waals surface area contributed by atoms with Crippen molar-refractivity contribution in [3.8, 4) is 0 Å². The van der Waals surface area contributed by atoms with Crippen LogP contribution in [0.3, 0.4) is 0 Å². The van der Waals surface area contributed by atoms with Crippen LogP contribution in [-0.4, -0.2) is 63.0 Å². The largest absolute Gasteiger partial charge is 0.416 e. The van der Waals surface area contributed by atoms with Crippen molar-refractivity contribution in [2.24, 2.45) is 11.8 Å². The van der Waals surface area contributed by atoms with Crippen molar-refractivity contribution in [2.45, 2.75) is 56.7 Å².